The topological polar surface area (TPSA) is 26.0 Å². The fourth-order valence-electron chi connectivity index (χ4n) is 2.84. The Morgan fingerprint density at radius 2 is 1.45 bits per heavy atom. The van der Waals surface area contributed by atoms with Gasteiger partial charge in [0.2, 0.25) is 0 Å². The van der Waals surface area contributed by atoms with E-state index < -0.39 is 0 Å². The van der Waals surface area contributed by atoms with Crippen molar-refractivity contribution >= 4 is 0 Å². The minimum absolute atomic E-state index is 0.0506. The van der Waals surface area contributed by atoms with Crippen LogP contribution in [-0.4, -0.2) is 6.54 Å². The summed E-state index contributed by atoms with van der Waals surface area (Å²) in [7, 11) is 0. The third kappa shape index (κ3) is 3.10. The Labute approximate surface area is 122 Å². The maximum Gasteiger partial charge on any atom is 0.0113 e. The number of hydrogen-bond acceptors (Lipinski definition) is 1. The Morgan fingerprint density at radius 1 is 0.850 bits per heavy atom. The maximum atomic E-state index is 6.15. The third-order valence-electron chi connectivity index (χ3n) is 4.43. The molecular weight excluding hydrogens is 242 g/mol. The summed E-state index contributed by atoms with van der Waals surface area (Å²) >= 11 is 0. The Bertz CT molecular complexity index is 509. The van der Waals surface area contributed by atoms with E-state index >= 15 is 0 Å². The molecule has 0 aromatic heterocycles. The molecule has 0 fully saturated rings. The van der Waals surface area contributed by atoms with Crippen molar-refractivity contribution in [2.24, 2.45) is 5.73 Å². The van der Waals surface area contributed by atoms with Crippen LogP contribution in [0.3, 0.4) is 0 Å². The summed E-state index contributed by atoms with van der Waals surface area (Å²) in [6.07, 6.45) is 3.16. The van der Waals surface area contributed by atoms with Crippen molar-refractivity contribution < 1.29 is 0 Å². The molecule has 0 spiro atoms. The van der Waals surface area contributed by atoms with E-state index in [0.717, 1.165) is 19.3 Å². The van der Waals surface area contributed by atoms with Crippen LogP contribution in [0.15, 0.2) is 54.6 Å². The zero-order valence-corrected chi connectivity index (χ0v) is 12.6. The predicted octanol–water partition coefficient (Wildman–Crippen LogP) is 4.10. The molecule has 106 valence electrons. The van der Waals surface area contributed by atoms with E-state index in [2.05, 4.69) is 68.4 Å². The maximum absolute atomic E-state index is 6.15. The molecule has 1 atom stereocenters. The molecule has 0 aliphatic carbocycles. The minimum atomic E-state index is 0.0506. The summed E-state index contributed by atoms with van der Waals surface area (Å²) in [5.41, 5.74) is 10.3. The highest BCUT2D eigenvalue weighted by molar-refractivity contribution is 5.31. The molecule has 1 unspecified atom stereocenters. The van der Waals surface area contributed by atoms with Crippen LogP contribution in [0.4, 0.5) is 0 Å². The van der Waals surface area contributed by atoms with Crippen molar-refractivity contribution in [1.82, 2.24) is 0 Å². The summed E-state index contributed by atoms with van der Waals surface area (Å²) in [5, 5.41) is 0. The molecule has 2 rings (SSSR count). The molecule has 2 aromatic carbocycles. The molecule has 2 N–H and O–H groups in total. The van der Waals surface area contributed by atoms with Crippen molar-refractivity contribution in [3.8, 4) is 0 Å². The SMILES string of the molecule is CCc1ccc(CC(CC)(CN)c2ccccc2)cc1. The van der Waals surface area contributed by atoms with Gasteiger partial charge in [-0.15, -0.1) is 0 Å². The van der Waals surface area contributed by atoms with E-state index in [1.165, 1.54) is 16.7 Å². The van der Waals surface area contributed by atoms with Crippen LogP contribution in [0.2, 0.25) is 0 Å². The Hall–Kier alpha value is -1.60. The lowest BCUT2D eigenvalue weighted by molar-refractivity contribution is 0.418. The van der Waals surface area contributed by atoms with Gasteiger partial charge in [-0.1, -0.05) is 68.4 Å². The van der Waals surface area contributed by atoms with E-state index in [1.54, 1.807) is 0 Å². The van der Waals surface area contributed by atoms with E-state index in [0.29, 0.717) is 6.54 Å². The smallest absolute Gasteiger partial charge is 0.0113 e. The molecule has 0 saturated carbocycles. The minimum Gasteiger partial charge on any atom is -0.330 e. The molecule has 0 bridgehead atoms. The fourth-order valence-corrected chi connectivity index (χ4v) is 2.84. The average molecular weight is 267 g/mol. The Kier molecular flexibility index (Phi) is 4.97. The van der Waals surface area contributed by atoms with Gasteiger partial charge in [0.25, 0.3) is 0 Å². The molecule has 1 nitrogen and oxygen atoms in total. The van der Waals surface area contributed by atoms with Gasteiger partial charge >= 0.3 is 0 Å². The highest BCUT2D eigenvalue weighted by Gasteiger charge is 2.28. The average Bonchev–Trinajstić information content (AvgIpc) is 2.54. The lowest BCUT2D eigenvalue weighted by Crippen LogP contribution is -2.36. The summed E-state index contributed by atoms with van der Waals surface area (Å²) in [6.45, 7) is 5.11. The number of nitrogens with two attached hydrogens (primary N) is 1. The van der Waals surface area contributed by atoms with Crippen LogP contribution in [0, 0.1) is 0 Å². The second-order valence-electron chi connectivity index (χ2n) is 5.55. The molecule has 1 heteroatoms. The second-order valence-corrected chi connectivity index (χ2v) is 5.55. The highest BCUT2D eigenvalue weighted by atomic mass is 14.6. The first-order chi connectivity index (χ1) is 9.74. The quantitative estimate of drug-likeness (QED) is 0.838. The lowest BCUT2D eigenvalue weighted by Gasteiger charge is -2.32. The summed E-state index contributed by atoms with van der Waals surface area (Å²) in [5.74, 6) is 0. The highest BCUT2D eigenvalue weighted by Crippen LogP contribution is 2.31. The number of rotatable bonds is 6. The molecule has 0 radical (unpaired) electrons. The van der Waals surface area contributed by atoms with Crippen LogP contribution < -0.4 is 5.73 Å². The third-order valence-corrected chi connectivity index (χ3v) is 4.43. The summed E-state index contributed by atoms with van der Waals surface area (Å²) in [4.78, 5) is 0. The van der Waals surface area contributed by atoms with E-state index in [4.69, 9.17) is 5.73 Å². The first-order valence-corrected chi connectivity index (χ1v) is 7.57. The normalized spacial score (nSPS) is 13.9. The van der Waals surface area contributed by atoms with Crippen LogP contribution in [-0.2, 0) is 18.3 Å². The Balaban J connectivity index is 2.29. The van der Waals surface area contributed by atoms with Crippen molar-refractivity contribution in [3.05, 3.63) is 71.3 Å². The molecule has 0 aliphatic heterocycles. The van der Waals surface area contributed by atoms with Crippen LogP contribution in [0.1, 0.15) is 37.0 Å². The monoisotopic (exact) mass is 267 g/mol. The Morgan fingerprint density at radius 3 is 1.95 bits per heavy atom. The number of hydrogen-bond donors (Lipinski definition) is 1. The zero-order valence-electron chi connectivity index (χ0n) is 12.6. The second kappa shape index (κ2) is 6.71. The first-order valence-electron chi connectivity index (χ1n) is 7.57. The van der Waals surface area contributed by atoms with Gasteiger partial charge in [-0.3, -0.25) is 0 Å². The van der Waals surface area contributed by atoms with Gasteiger partial charge < -0.3 is 5.73 Å². The molecular formula is C19H25N. The van der Waals surface area contributed by atoms with E-state index in [-0.39, 0.29) is 5.41 Å². The van der Waals surface area contributed by atoms with Crippen LogP contribution in [0.25, 0.3) is 0 Å². The van der Waals surface area contributed by atoms with Crippen LogP contribution >= 0.6 is 0 Å². The molecule has 0 heterocycles. The van der Waals surface area contributed by atoms with Gasteiger partial charge in [-0.05, 0) is 36.0 Å². The van der Waals surface area contributed by atoms with Gasteiger partial charge in [0.05, 0.1) is 0 Å². The molecule has 0 aliphatic rings. The van der Waals surface area contributed by atoms with Crippen LogP contribution in [0.5, 0.6) is 0 Å². The lowest BCUT2D eigenvalue weighted by atomic mass is 9.73. The van der Waals surface area contributed by atoms with Gasteiger partial charge in [-0.2, -0.15) is 0 Å². The standard InChI is InChI=1S/C19H25N/c1-3-16-10-12-17(13-11-16)14-19(4-2,15-20)18-8-6-5-7-9-18/h5-13H,3-4,14-15,20H2,1-2H3. The molecule has 0 saturated heterocycles. The molecule has 0 amide bonds. The molecule has 2 aromatic rings. The van der Waals surface area contributed by atoms with Gasteiger partial charge in [0.15, 0.2) is 0 Å². The van der Waals surface area contributed by atoms with Crippen molar-refractivity contribution in [2.75, 3.05) is 6.54 Å². The molecule has 20 heavy (non-hydrogen) atoms. The van der Waals surface area contributed by atoms with Gasteiger partial charge in [-0.25, -0.2) is 0 Å². The fraction of sp³-hybridized carbons (Fsp3) is 0.368. The zero-order chi connectivity index (χ0) is 14.4. The first kappa shape index (κ1) is 14.8. The summed E-state index contributed by atoms with van der Waals surface area (Å²) < 4.78 is 0. The van der Waals surface area contributed by atoms with Gasteiger partial charge in [0.1, 0.15) is 0 Å². The van der Waals surface area contributed by atoms with Crippen molar-refractivity contribution in [3.63, 3.8) is 0 Å². The predicted molar refractivity (Wildman–Crippen MR) is 87.0 cm³/mol. The van der Waals surface area contributed by atoms with Crippen molar-refractivity contribution in [2.45, 2.75) is 38.5 Å². The number of aryl methyl sites for hydroxylation is 1. The summed E-state index contributed by atoms with van der Waals surface area (Å²) in [6, 6.07) is 19.7. The van der Waals surface area contributed by atoms with E-state index in [1.807, 2.05) is 0 Å². The largest absolute Gasteiger partial charge is 0.330 e. The number of benzene rings is 2. The van der Waals surface area contributed by atoms with Gasteiger partial charge in [0, 0.05) is 12.0 Å². The van der Waals surface area contributed by atoms with E-state index in [9.17, 15) is 0 Å². The van der Waals surface area contributed by atoms with Crippen molar-refractivity contribution in [1.29, 1.82) is 0 Å².